The molecule has 0 amide bonds. The van der Waals surface area contributed by atoms with Crippen LogP contribution in [0.3, 0.4) is 0 Å². The Bertz CT molecular complexity index is 723. The first-order valence-corrected chi connectivity index (χ1v) is 8.47. The normalized spacial score (nSPS) is 24.4. The summed E-state index contributed by atoms with van der Waals surface area (Å²) >= 11 is 0. The van der Waals surface area contributed by atoms with Crippen LogP contribution in [0, 0.1) is 17.2 Å². The molecule has 4 heteroatoms. The molecule has 2 aliphatic rings. The van der Waals surface area contributed by atoms with Crippen molar-refractivity contribution in [3.8, 4) is 6.07 Å². The van der Waals surface area contributed by atoms with E-state index in [4.69, 9.17) is 4.42 Å². The fourth-order valence-electron chi connectivity index (χ4n) is 3.52. The molecule has 1 saturated heterocycles. The van der Waals surface area contributed by atoms with Crippen molar-refractivity contribution in [3.63, 3.8) is 0 Å². The standard InChI is InChI=1S/C19H21N3O/c1-13-7-9-22(10-8-13)19-17(12-20)21-18(23-19)16-11-15(16)14-5-3-2-4-6-14/h2-6,13,15-16H,7-11H2,1H3. The summed E-state index contributed by atoms with van der Waals surface area (Å²) in [4.78, 5) is 6.68. The molecule has 0 N–H and O–H groups in total. The SMILES string of the molecule is CC1CCN(c2oc(C3CC3c3ccccc3)nc2C#N)CC1. The van der Waals surface area contributed by atoms with Gasteiger partial charge in [-0.2, -0.15) is 5.26 Å². The van der Waals surface area contributed by atoms with Crippen LogP contribution in [0.1, 0.15) is 55.2 Å². The average molecular weight is 307 g/mol. The van der Waals surface area contributed by atoms with Crippen molar-refractivity contribution in [3.05, 3.63) is 47.5 Å². The van der Waals surface area contributed by atoms with E-state index in [9.17, 15) is 5.26 Å². The molecule has 2 fully saturated rings. The molecule has 2 atom stereocenters. The predicted octanol–water partition coefficient (Wildman–Crippen LogP) is 4.05. The second kappa shape index (κ2) is 5.73. The first-order valence-electron chi connectivity index (χ1n) is 8.47. The van der Waals surface area contributed by atoms with Gasteiger partial charge >= 0.3 is 0 Å². The van der Waals surface area contributed by atoms with E-state index >= 15 is 0 Å². The van der Waals surface area contributed by atoms with Crippen LogP contribution in [0.15, 0.2) is 34.7 Å². The van der Waals surface area contributed by atoms with Gasteiger partial charge in [0.05, 0.1) is 0 Å². The van der Waals surface area contributed by atoms with Gasteiger partial charge in [-0.05, 0) is 36.7 Å². The first kappa shape index (κ1) is 14.3. The Hall–Kier alpha value is -2.28. The maximum Gasteiger partial charge on any atom is 0.234 e. The van der Waals surface area contributed by atoms with Crippen molar-refractivity contribution in [2.75, 3.05) is 18.0 Å². The molecule has 2 aromatic rings. The number of nitrogens with zero attached hydrogens (tertiary/aromatic N) is 3. The van der Waals surface area contributed by atoms with Crippen molar-refractivity contribution in [2.24, 2.45) is 5.92 Å². The van der Waals surface area contributed by atoms with E-state index in [1.54, 1.807) is 0 Å². The smallest absolute Gasteiger partial charge is 0.234 e. The Kier molecular flexibility index (Phi) is 3.57. The number of rotatable bonds is 3. The lowest BCUT2D eigenvalue weighted by molar-refractivity contribution is 0.408. The molecule has 4 rings (SSSR count). The van der Waals surface area contributed by atoms with E-state index in [2.05, 4.69) is 47.1 Å². The van der Waals surface area contributed by atoms with Crippen LogP contribution in [0.4, 0.5) is 5.88 Å². The number of benzene rings is 1. The Balaban J connectivity index is 1.54. The minimum Gasteiger partial charge on any atom is -0.423 e. The lowest BCUT2D eigenvalue weighted by atomic mass is 9.99. The number of hydrogen-bond donors (Lipinski definition) is 0. The molecule has 0 radical (unpaired) electrons. The van der Waals surface area contributed by atoms with Crippen molar-refractivity contribution < 1.29 is 4.42 Å². The van der Waals surface area contributed by atoms with Crippen LogP contribution in [0.2, 0.25) is 0 Å². The largest absolute Gasteiger partial charge is 0.423 e. The van der Waals surface area contributed by atoms with Crippen LogP contribution in [-0.4, -0.2) is 18.1 Å². The van der Waals surface area contributed by atoms with Crippen molar-refractivity contribution in [1.82, 2.24) is 4.98 Å². The van der Waals surface area contributed by atoms with Crippen LogP contribution in [0.25, 0.3) is 0 Å². The highest BCUT2D eigenvalue weighted by molar-refractivity contribution is 5.49. The minimum absolute atomic E-state index is 0.321. The molecule has 2 heterocycles. The predicted molar refractivity (Wildman–Crippen MR) is 88.4 cm³/mol. The topological polar surface area (TPSA) is 53.1 Å². The molecule has 2 unspecified atom stereocenters. The molecule has 0 bridgehead atoms. The second-order valence-corrected chi connectivity index (χ2v) is 6.85. The first-order chi connectivity index (χ1) is 11.3. The zero-order valence-corrected chi connectivity index (χ0v) is 13.4. The van der Waals surface area contributed by atoms with Crippen molar-refractivity contribution >= 4 is 5.88 Å². The molecule has 118 valence electrons. The zero-order chi connectivity index (χ0) is 15.8. The van der Waals surface area contributed by atoms with Gasteiger partial charge in [-0.15, -0.1) is 0 Å². The molecule has 1 saturated carbocycles. The summed E-state index contributed by atoms with van der Waals surface area (Å²) in [5.74, 6) is 2.99. The van der Waals surface area contributed by atoms with Gasteiger partial charge in [0, 0.05) is 19.0 Å². The van der Waals surface area contributed by atoms with E-state index in [1.165, 1.54) is 5.56 Å². The lowest BCUT2D eigenvalue weighted by Crippen LogP contribution is -2.32. The lowest BCUT2D eigenvalue weighted by Gasteiger charge is -2.29. The van der Waals surface area contributed by atoms with Crippen LogP contribution < -0.4 is 4.90 Å². The van der Waals surface area contributed by atoms with Gasteiger partial charge in [0.15, 0.2) is 0 Å². The third-order valence-electron chi connectivity index (χ3n) is 5.14. The van der Waals surface area contributed by atoms with Gasteiger partial charge in [0.2, 0.25) is 17.5 Å². The van der Waals surface area contributed by atoms with Crippen LogP contribution in [-0.2, 0) is 0 Å². The third-order valence-corrected chi connectivity index (χ3v) is 5.14. The van der Waals surface area contributed by atoms with Gasteiger partial charge in [0.1, 0.15) is 6.07 Å². The fourth-order valence-corrected chi connectivity index (χ4v) is 3.52. The Morgan fingerprint density at radius 2 is 1.91 bits per heavy atom. The second-order valence-electron chi connectivity index (χ2n) is 6.85. The maximum atomic E-state index is 9.40. The fraction of sp³-hybridized carbons (Fsp3) is 0.474. The summed E-state index contributed by atoms with van der Waals surface area (Å²) in [5.41, 5.74) is 1.79. The van der Waals surface area contributed by atoms with Gasteiger partial charge in [0.25, 0.3) is 0 Å². The Morgan fingerprint density at radius 1 is 1.17 bits per heavy atom. The molecular formula is C19H21N3O. The molecule has 1 aromatic carbocycles. The number of piperidine rings is 1. The maximum absolute atomic E-state index is 9.40. The third kappa shape index (κ3) is 2.72. The van der Waals surface area contributed by atoms with E-state index < -0.39 is 0 Å². The number of hydrogen-bond acceptors (Lipinski definition) is 4. The molecule has 1 aliphatic heterocycles. The van der Waals surface area contributed by atoms with E-state index in [0.717, 1.165) is 44.2 Å². The monoisotopic (exact) mass is 307 g/mol. The van der Waals surface area contributed by atoms with Gasteiger partial charge < -0.3 is 9.32 Å². The summed E-state index contributed by atoms with van der Waals surface area (Å²) in [6, 6.07) is 12.7. The van der Waals surface area contributed by atoms with Crippen molar-refractivity contribution in [1.29, 1.82) is 5.26 Å². The molecule has 4 nitrogen and oxygen atoms in total. The number of nitriles is 1. The van der Waals surface area contributed by atoms with E-state index in [0.29, 0.717) is 23.4 Å². The number of anilines is 1. The summed E-state index contributed by atoms with van der Waals surface area (Å²) in [7, 11) is 0. The molecule has 0 spiro atoms. The molecule has 23 heavy (non-hydrogen) atoms. The highest BCUT2D eigenvalue weighted by Gasteiger charge is 2.44. The van der Waals surface area contributed by atoms with Gasteiger partial charge in [-0.3, -0.25) is 0 Å². The van der Waals surface area contributed by atoms with Gasteiger partial charge in [-0.1, -0.05) is 37.3 Å². The quantitative estimate of drug-likeness (QED) is 0.858. The van der Waals surface area contributed by atoms with E-state index in [-0.39, 0.29) is 0 Å². The average Bonchev–Trinajstić information content (AvgIpc) is 3.28. The number of aromatic nitrogens is 1. The van der Waals surface area contributed by atoms with E-state index in [1.807, 2.05) is 6.07 Å². The van der Waals surface area contributed by atoms with Crippen LogP contribution >= 0.6 is 0 Å². The molecule has 1 aromatic heterocycles. The summed E-state index contributed by atoms with van der Waals surface area (Å²) in [6.45, 7) is 4.19. The van der Waals surface area contributed by atoms with Gasteiger partial charge in [-0.25, -0.2) is 4.98 Å². The number of oxazole rings is 1. The van der Waals surface area contributed by atoms with Crippen molar-refractivity contribution in [2.45, 2.75) is 38.0 Å². The summed E-state index contributed by atoms with van der Waals surface area (Å²) in [6.07, 6.45) is 3.36. The minimum atomic E-state index is 0.321. The zero-order valence-electron chi connectivity index (χ0n) is 13.4. The summed E-state index contributed by atoms with van der Waals surface area (Å²) < 4.78 is 6.05. The Labute approximate surface area is 136 Å². The molecular weight excluding hydrogens is 286 g/mol. The van der Waals surface area contributed by atoms with Crippen LogP contribution in [0.5, 0.6) is 0 Å². The highest BCUT2D eigenvalue weighted by atomic mass is 16.4. The summed E-state index contributed by atoms with van der Waals surface area (Å²) in [5, 5.41) is 9.40. The molecule has 1 aliphatic carbocycles. The Morgan fingerprint density at radius 3 is 2.61 bits per heavy atom. The highest BCUT2D eigenvalue weighted by Crippen LogP contribution is 2.54.